The first kappa shape index (κ1) is 15.4. The first-order chi connectivity index (χ1) is 9.90. The molecule has 21 heavy (non-hydrogen) atoms. The molecule has 2 aromatic carbocycles. The molecule has 0 aliphatic heterocycles. The van der Waals surface area contributed by atoms with Crippen molar-refractivity contribution in [3.63, 3.8) is 0 Å². The summed E-state index contributed by atoms with van der Waals surface area (Å²) in [5.74, 6) is -1.70. The average molecular weight is 324 g/mol. The Kier molecular flexibility index (Phi) is 4.50. The quantitative estimate of drug-likeness (QED) is 0.887. The minimum Gasteiger partial charge on any atom is -0.478 e. The lowest BCUT2D eigenvalue weighted by Gasteiger charge is -2.11. The molecule has 4 nitrogen and oxygen atoms in total. The lowest BCUT2D eigenvalue weighted by molar-refractivity contribution is 0.0698. The molecule has 6 heteroatoms. The zero-order valence-electron chi connectivity index (χ0n) is 11.0. The minimum absolute atomic E-state index is 0.0494. The summed E-state index contributed by atoms with van der Waals surface area (Å²) in [5, 5.41) is 12.1. The van der Waals surface area contributed by atoms with E-state index in [-0.39, 0.29) is 26.9 Å². The molecule has 0 unspecified atom stereocenters. The Balaban J connectivity index is 2.38. The van der Waals surface area contributed by atoms with Crippen molar-refractivity contribution in [2.75, 3.05) is 5.32 Å². The van der Waals surface area contributed by atoms with Gasteiger partial charge >= 0.3 is 5.97 Å². The van der Waals surface area contributed by atoms with Crippen LogP contribution < -0.4 is 5.32 Å². The maximum atomic E-state index is 12.2. The van der Waals surface area contributed by atoms with Gasteiger partial charge in [-0.05, 0) is 36.8 Å². The predicted octanol–water partition coefficient (Wildman–Crippen LogP) is 4.25. The number of carbonyl (C=O) groups is 2. The van der Waals surface area contributed by atoms with Crippen LogP contribution in [0.15, 0.2) is 36.4 Å². The van der Waals surface area contributed by atoms with E-state index >= 15 is 0 Å². The van der Waals surface area contributed by atoms with Gasteiger partial charge in [0, 0.05) is 0 Å². The average Bonchev–Trinajstić information content (AvgIpc) is 2.40. The number of para-hydroxylation sites is 1. The number of halogens is 2. The van der Waals surface area contributed by atoms with Gasteiger partial charge in [0.1, 0.15) is 0 Å². The van der Waals surface area contributed by atoms with Gasteiger partial charge in [-0.2, -0.15) is 0 Å². The largest absolute Gasteiger partial charge is 0.478 e. The molecule has 0 saturated carbocycles. The third-order valence-electron chi connectivity index (χ3n) is 2.85. The van der Waals surface area contributed by atoms with Crippen LogP contribution in [0.4, 0.5) is 5.69 Å². The number of hydrogen-bond donors (Lipinski definition) is 2. The maximum Gasteiger partial charge on any atom is 0.337 e. The second-order valence-corrected chi connectivity index (χ2v) is 5.22. The fourth-order valence-corrected chi connectivity index (χ4v) is 2.36. The Bertz CT molecular complexity index is 729. The lowest BCUT2D eigenvalue weighted by atomic mass is 10.1. The summed E-state index contributed by atoms with van der Waals surface area (Å²) in [6, 6.07) is 9.33. The van der Waals surface area contributed by atoms with E-state index in [1.807, 2.05) is 6.92 Å². The van der Waals surface area contributed by atoms with E-state index in [0.29, 0.717) is 0 Å². The van der Waals surface area contributed by atoms with E-state index in [4.69, 9.17) is 28.3 Å². The van der Waals surface area contributed by atoms with Gasteiger partial charge in [0.25, 0.3) is 5.91 Å². The highest BCUT2D eigenvalue weighted by Gasteiger charge is 2.17. The smallest absolute Gasteiger partial charge is 0.337 e. The summed E-state index contributed by atoms with van der Waals surface area (Å²) in [6.45, 7) is 1.85. The molecule has 108 valence electrons. The Hall–Kier alpha value is -2.04. The molecular formula is C15H11Cl2NO3. The van der Waals surface area contributed by atoms with Crippen LogP contribution in [0.5, 0.6) is 0 Å². The standard InChI is InChI=1S/C15H11Cl2NO3/c1-8-5-6-9(12(17)7-8)14(19)18-13-10(15(20)21)3-2-4-11(13)16/h2-7H,1H3,(H,18,19)(H,20,21). The van der Waals surface area contributed by atoms with Crippen LogP contribution in [0.1, 0.15) is 26.3 Å². The lowest BCUT2D eigenvalue weighted by Crippen LogP contribution is -2.15. The molecular weight excluding hydrogens is 313 g/mol. The van der Waals surface area contributed by atoms with Crippen molar-refractivity contribution in [1.29, 1.82) is 0 Å². The van der Waals surface area contributed by atoms with Gasteiger partial charge in [-0.25, -0.2) is 4.79 Å². The van der Waals surface area contributed by atoms with Crippen LogP contribution in [-0.4, -0.2) is 17.0 Å². The number of benzene rings is 2. The van der Waals surface area contributed by atoms with Crippen molar-refractivity contribution >= 4 is 40.8 Å². The predicted molar refractivity (Wildman–Crippen MR) is 82.6 cm³/mol. The molecule has 1 amide bonds. The van der Waals surface area contributed by atoms with Gasteiger partial charge in [-0.15, -0.1) is 0 Å². The fraction of sp³-hybridized carbons (Fsp3) is 0.0667. The molecule has 2 aromatic rings. The fourth-order valence-electron chi connectivity index (χ4n) is 1.81. The van der Waals surface area contributed by atoms with Crippen molar-refractivity contribution < 1.29 is 14.7 Å². The molecule has 0 fully saturated rings. The number of nitrogens with one attached hydrogen (secondary N) is 1. The molecule has 2 N–H and O–H groups in total. The molecule has 0 aliphatic carbocycles. The van der Waals surface area contributed by atoms with Crippen molar-refractivity contribution in [2.45, 2.75) is 6.92 Å². The molecule has 0 atom stereocenters. The Morgan fingerprint density at radius 2 is 1.76 bits per heavy atom. The van der Waals surface area contributed by atoms with E-state index in [0.717, 1.165) is 5.56 Å². The third-order valence-corrected chi connectivity index (χ3v) is 3.48. The summed E-state index contributed by atoms with van der Waals surface area (Å²) < 4.78 is 0. The monoisotopic (exact) mass is 323 g/mol. The summed E-state index contributed by atoms with van der Waals surface area (Å²) in [4.78, 5) is 23.4. The first-order valence-corrected chi connectivity index (χ1v) is 6.75. The molecule has 0 radical (unpaired) electrons. The number of carbonyl (C=O) groups excluding carboxylic acids is 1. The summed E-state index contributed by atoms with van der Waals surface area (Å²) >= 11 is 12.0. The number of carboxylic acids is 1. The van der Waals surface area contributed by atoms with E-state index in [1.54, 1.807) is 18.2 Å². The topological polar surface area (TPSA) is 66.4 Å². The normalized spacial score (nSPS) is 10.2. The molecule has 0 aromatic heterocycles. The van der Waals surface area contributed by atoms with Crippen molar-refractivity contribution in [3.8, 4) is 0 Å². The number of carboxylic acid groups (broad SMARTS) is 1. The third kappa shape index (κ3) is 3.35. The SMILES string of the molecule is Cc1ccc(C(=O)Nc2c(Cl)cccc2C(=O)O)c(Cl)c1. The number of anilines is 1. The highest BCUT2D eigenvalue weighted by molar-refractivity contribution is 6.36. The van der Waals surface area contributed by atoms with Crippen molar-refractivity contribution in [1.82, 2.24) is 0 Å². The molecule has 0 saturated heterocycles. The van der Waals surface area contributed by atoms with E-state index < -0.39 is 11.9 Å². The Morgan fingerprint density at radius 3 is 2.38 bits per heavy atom. The Morgan fingerprint density at radius 1 is 1.05 bits per heavy atom. The van der Waals surface area contributed by atoms with Gasteiger partial charge < -0.3 is 10.4 Å². The first-order valence-electron chi connectivity index (χ1n) is 5.99. The molecule has 0 aliphatic rings. The number of aryl methyl sites for hydroxylation is 1. The summed E-state index contributed by atoms with van der Waals surface area (Å²) in [7, 11) is 0. The number of rotatable bonds is 3. The second kappa shape index (κ2) is 6.16. The highest BCUT2D eigenvalue weighted by atomic mass is 35.5. The van der Waals surface area contributed by atoms with Gasteiger partial charge in [0.05, 0.1) is 26.9 Å². The van der Waals surface area contributed by atoms with Crippen LogP contribution in [0, 0.1) is 6.92 Å². The molecule has 2 rings (SSSR count). The van der Waals surface area contributed by atoms with Crippen LogP contribution in [0.25, 0.3) is 0 Å². The number of hydrogen-bond acceptors (Lipinski definition) is 2. The van der Waals surface area contributed by atoms with E-state index in [9.17, 15) is 9.59 Å². The maximum absolute atomic E-state index is 12.2. The zero-order valence-corrected chi connectivity index (χ0v) is 12.5. The van der Waals surface area contributed by atoms with Crippen LogP contribution >= 0.6 is 23.2 Å². The van der Waals surface area contributed by atoms with Gasteiger partial charge in [0.2, 0.25) is 0 Å². The molecule has 0 heterocycles. The van der Waals surface area contributed by atoms with Gasteiger partial charge in [-0.1, -0.05) is 35.3 Å². The second-order valence-electron chi connectivity index (χ2n) is 4.40. The van der Waals surface area contributed by atoms with Crippen LogP contribution in [-0.2, 0) is 0 Å². The highest BCUT2D eigenvalue weighted by Crippen LogP contribution is 2.27. The minimum atomic E-state index is -1.18. The van der Waals surface area contributed by atoms with Crippen LogP contribution in [0.2, 0.25) is 10.0 Å². The van der Waals surface area contributed by atoms with Gasteiger partial charge in [-0.3, -0.25) is 4.79 Å². The number of amides is 1. The molecule has 0 spiro atoms. The van der Waals surface area contributed by atoms with Crippen LogP contribution in [0.3, 0.4) is 0 Å². The van der Waals surface area contributed by atoms with E-state index in [2.05, 4.69) is 5.32 Å². The summed E-state index contributed by atoms with van der Waals surface area (Å²) in [5.41, 5.74) is 1.13. The van der Waals surface area contributed by atoms with Crippen molar-refractivity contribution in [3.05, 3.63) is 63.1 Å². The van der Waals surface area contributed by atoms with Gasteiger partial charge in [0.15, 0.2) is 0 Å². The molecule has 0 bridgehead atoms. The number of aromatic carboxylic acids is 1. The Labute approximate surface area is 131 Å². The van der Waals surface area contributed by atoms with E-state index in [1.165, 1.54) is 18.2 Å². The van der Waals surface area contributed by atoms with Crippen molar-refractivity contribution in [2.24, 2.45) is 0 Å². The zero-order chi connectivity index (χ0) is 15.6. The summed E-state index contributed by atoms with van der Waals surface area (Å²) in [6.07, 6.45) is 0.